The second-order valence-corrected chi connectivity index (χ2v) is 2.49. The fourth-order valence-corrected chi connectivity index (χ4v) is 0.725. The van der Waals surface area contributed by atoms with Crippen LogP contribution in [0.25, 0.3) is 0 Å². The van der Waals surface area contributed by atoms with Crippen molar-refractivity contribution in [1.29, 1.82) is 0 Å². The van der Waals surface area contributed by atoms with Crippen LogP contribution < -0.4 is 0 Å². The van der Waals surface area contributed by atoms with Gasteiger partial charge in [0.25, 0.3) is 0 Å². The Kier molecular flexibility index (Phi) is 277. The molecule has 31 heavy (non-hydrogen) atoms. The normalized spacial score (nSPS) is 6.65. The van der Waals surface area contributed by atoms with Crippen LogP contribution in [0.4, 0.5) is 0 Å². The summed E-state index contributed by atoms with van der Waals surface area (Å²) >= 11 is 4.92. The molecule has 1 aliphatic rings. The molecule has 1 aliphatic carbocycles. The SMILES string of the molecule is [C-]#[O+].[C-]#[O+].[C-]#[O+].[C-]#[O+].[C-]#[O+].[C-]#[O+].[C-]#[O+].[C-]#[O+].[CH2-]c1occc1C.[CH]1[CH][CH][CH][CH]1.[Co].[Co]=[W]. The molecule has 1 aromatic heterocycles. The van der Waals surface area contributed by atoms with Crippen LogP contribution in [-0.2, 0) is 83.8 Å². The van der Waals surface area contributed by atoms with Crippen molar-refractivity contribution in [3.63, 3.8) is 0 Å². The van der Waals surface area contributed by atoms with Crippen LogP contribution >= 0.6 is 0 Å². The quantitative estimate of drug-likeness (QED) is 0.297. The number of rotatable bonds is 0. The van der Waals surface area contributed by atoms with Gasteiger partial charge in [-0.2, -0.15) is 5.56 Å². The van der Waals surface area contributed by atoms with Crippen LogP contribution in [0.15, 0.2) is 16.7 Å². The van der Waals surface area contributed by atoms with Gasteiger partial charge in [-0.05, 0) is 37.9 Å². The van der Waals surface area contributed by atoms with Gasteiger partial charge in [-0.15, -0.1) is 13.0 Å². The average molecular weight is 686 g/mol. The molecule has 0 amide bonds. The summed E-state index contributed by atoms with van der Waals surface area (Å²) in [6, 6.07) is 1.89. The van der Waals surface area contributed by atoms with Crippen molar-refractivity contribution in [2.24, 2.45) is 0 Å². The molecule has 0 aliphatic heterocycles. The maximum atomic E-state index is 7.50. The Bertz CT molecular complexity index is 442. The van der Waals surface area contributed by atoms with E-state index in [9.17, 15) is 0 Å². The molecule has 167 valence electrons. The van der Waals surface area contributed by atoms with Crippen LogP contribution in [0.5, 0.6) is 0 Å². The Morgan fingerprint density at radius 3 is 0.903 bits per heavy atom. The predicted molar refractivity (Wildman–Crippen MR) is 80.8 cm³/mol. The minimum atomic E-state index is 0. The Morgan fingerprint density at radius 2 is 0.839 bits per heavy atom. The van der Waals surface area contributed by atoms with Gasteiger partial charge >= 0.3 is 120 Å². The molecule has 0 bridgehead atoms. The predicted octanol–water partition coefficient (Wildman–Crippen LogP) is 2.48. The van der Waals surface area contributed by atoms with Crippen molar-refractivity contribution in [2.45, 2.75) is 6.92 Å². The number of hydrogen-bond donors (Lipinski definition) is 0. The molecule has 1 heterocycles. The Labute approximate surface area is 210 Å². The monoisotopic (exact) mass is 686 g/mol. The first-order valence-electron chi connectivity index (χ1n) is 5.60. The Balaban J connectivity index is -0.0000000209. The van der Waals surface area contributed by atoms with Crippen molar-refractivity contribution < 1.29 is 88.2 Å². The van der Waals surface area contributed by atoms with Gasteiger partial charge in [0.05, 0.1) is 6.26 Å². The molecule has 1 saturated carbocycles. The van der Waals surface area contributed by atoms with Crippen LogP contribution in [0.3, 0.4) is 0 Å². The molecular formula is C19H12Co2O9W-. The van der Waals surface area contributed by atoms with Crippen LogP contribution in [-0.4, -0.2) is 0 Å². The summed E-state index contributed by atoms with van der Waals surface area (Å²) in [6.45, 7) is 41.6. The van der Waals surface area contributed by atoms with E-state index in [4.69, 9.17) is 41.6 Å². The van der Waals surface area contributed by atoms with Crippen molar-refractivity contribution in [1.82, 2.24) is 0 Å². The van der Waals surface area contributed by atoms with Gasteiger partial charge in [-0.1, -0.05) is 0 Å². The first-order valence-corrected chi connectivity index (χ1v) is 10.1. The molecule has 0 aromatic carbocycles. The zero-order chi connectivity index (χ0) is 26.8. The summed E-state index contributed by atoms with van der Waals surface area (Å²) in [5, 5.41) is 0. The van der Waals surface area contributed by atoms with Gasteiger partial charge in [-0.3, -0.25) is 0 Å². The summed E-state index contributed by atoms with van der Waals surface area (Å²) in [6.07, 6.45) is 11.6. The molecule has 9 nitrogen and oxygen atoms in total. The van der Waals surface area contributed by atoms with E-state index in [1.165, 1.54) is 17.2 Å². The molecule has 2 rings (SSSR count). The summed E-state index contributed by atoms with van der Waals surface area (Å²) in [4.78, 5) is 0. The van der Waals surface area contributed by atoms with Crippen LogP contribution in [0.1, 0.15) is 11.3 Å². The third-order valence-electron chi connectivity index (χ3n) is 1.52. The Morgan fingerprint density at radius 1 is 0.645 bits per heavy atom. The van der Waals surface area contributed by atoms with Crippen molar-refractivity contribution in [3.05, 3.63) is 116 Å². The van der Waals surface area contributed by atoms with E-state index in [0.717, 1.165) is 11.3 Å². The summed E-state index contributed by atoms with van der Waals surface area (Å²) in [7, 11) is 0. The third-order valence-corrected chi connectivity index (χ3v) is 1.52. The Hall–Kier alpha value is -1.23. The molecule has 12 heteroatoms. The number of hydrogen-bond acceptors (Lipinski definition) is 1. The minimum absolute atomic E-state index is 0. The maximum absolute atomic E-state index is 7.50. The second-order valence-electron chi connectivity index (χ2n) is 2.49. The van der Waals surface area contributed by atoms with E-state index in [0.29, 0.717) is 0 Å². The zero-order valence-corrected chi connectivity index (χ0v) is 20.5. The van der Waals surface area contributed by atoms with E-state index >= 15 is 0 Å². The van der Waals surface area contributed by atoms with Crippen molar-refractivity contribution in [3.8, 4) is 0 Å². The van der Waals surface area contributed by atoms with E-state index in [1.54, 1.807) is 6.26 Å². The van der Waals surface area contributed by atoms with Crippen molar-refractivity contribution in [2.75, 3.05) is 0 Å². The molecule has 6 radical (unpaired) electrons. The molecule has 0 unspecified atom stereocenters. The molecule has 0 atom stereocenters. The van der Waals surface area contributed by atoms with Gasteiger partial charge in [0.15, 0.2) is 0 Å². The van der Waals surface area contributed by atoms with Gasteiger partial charge in [0.2, 0.25) is 0 Å². The van der Waals surface area contributed by atoms with E-state index in [1.807, 2.05) is 45.1 Å². The fraction of sp³-hybridized carbons (Fsp3) is 0.0526. The number of aryl methyl sites for hydroxylation is 1. The van der Waals surface area contributed by atoms with Gasteiger partial charge < -0.3 is 4.42 Å². The van der Waals surface area contributed by atoms with Gasteiger partial charge in [0, 0.05) is 16.8 Å². The standard InChI is InChI=1S/C6H7O.C5H5.8CO.2Co.W/c1-5-3-4-7-6(5)2;1-2-4-5-3-1;8*1-2;;;/h3-4H,2H2,1H3;1-5H;;;;;;;;;;;/q-1;;;;;;;;;;;;. The topological polar surface area (TPSA) is 172 Å². The first-order chi connectivity index (χ1) is 14.8. The third kappa shape index (κ3) is 109. The molecular weight excluding hydrogens is 674 g/mol. The van der Waals surface area contributed by atoms with Crippen LogP contribution in [0.2, 0.25) is 0 Å². The van der Waals surface area contributed by atoms with Crippen LogP contribution in [0, 0.1) is 99.2 Å². The van der Waals surface area contributed by atoms with Gasteiger partial charge in [-0.25, -0.2) is 6.92 Å². The average Bonchev–Trinajstić information content (AvgIpc) is 3.61. The molecule has 0 N–H and O–H groups in total. The summed E-state index contributed by atoms with van der Waals surface area (Å²) < 4.78 is 64.9. The first kappa shape index (κ1) is 63.0. The van der Waals surface area contributed by atoms with Gasteiger partial charge in [0.1, 0.15) is 0 Å². The van der Waals surface area contributed by atoms with E-state index in [2.05, 4.69) is 72.7 Å². The molecule has 0 spiro atoms. The van der Waals surface area contributed by atoms with E-state index < -0.39 is 0 Å². The van der Waals surface area contributed by atoms with Crippen molar-refractivity contribution >= 4 is 0 Å². The molecule has 1 aromatic rings. The summed E-state index contributed by atoms with van der Waals surface area (Å²) in [5.41, 5.74) is 1.11. The molecule has 0 saturated heterocycles. The van der Waals surface area contributed by atoms with E-state index in [-0.39, 0.29) is 16.8 Å². The fourth-order valence-electron chi connectivity index (χ4n) is 0.725. The number of furan rings is 1. The molecule has 1 fully saturated rings. The second kappa shape index (κ2) is 136. The zero-order valence-electron chi connectivity index (χ0n) is 15.5. The summed E-state index contributed by atoms with van der Waals surface area (Å²) in [5.74, 6) is 0.764.